The lowest BCUT2D eigenvalue weighted by atomic mass is 9.91. The Bertz CT molecular complexity index is 1330. The first-order chi connectivity index (χ1) is 17.8. The second-order valence-electron chi connectivity index (χ2n) is 9.08. The smallest absolute Gasteiger partial charge is 0.312 e. The van der Waals surface area contributed by atoms with Crippen molar-refractivity contribution in [2.75, 3.05) is 0 Å². The highest BCUT2D eigenvalue weighted by molar-refractivity contribution is 6.33. The van der Waals surface area contributed by atoms with Crippen molar-refractivity contribution in [1.29, 1.82) is 0 Å². The number of aromatic hydroxyl groups is 1. The molecule has 0 aliphatic heterocycles. The van der Waals surface area contributed by atoms with Crippen molar-refractivity contribution >= 4 is 34.6 Å². The summed E-state index contributed by atoms with van der Waals surface area (Å²) in [4.78, 5) is 21.0. The minimum Gasteiger partial charge on any atom is -0.501 e. The highest BCUT2D eigenvalue weighted by Gasteiger charge is 2.27. The first-order valence-corrected chi connectivity index (χ1v) is 12.9. The highest BCUT2D eigenvalue weighted by atomic mass is 35.5. The quantitative estimate of drug-likeness (QED) is 0.262. The fraction of sp³-hybridized carbons (Fsp3) is 0.333. The number of nitrogens with zero attached hydrogens (tertiary/aromatic N) is 2. The molecule has 0 heterocycles. The summed E-state index contributed by atoms with van der Waals surface area (Å²) in [6, 6.07) is 12.6. The fourth-order valence-electron chi connectivity index (χ4n) is 4.79. The number of ether oxygens (including phenoxy) is 1. The first kappa shape index (κ1) is 26.7. The van der Waals surface area contributed by atoms with Crippen LogP contribution in [0.25, 0.3) is 0 Å². The van der Waals surface area contributed by atoms with E-state index in [-0.39, 0.29) is 28.8 Å². The lowest BCUT2D eigenvalue weighted by molar-refractivity contribution is -0.386. The van der Waals surface area contributed by atoms with E-state index in [2.05, 4.69) is 0 Å². The van der Waals surface area contributed by atoms with Crippen LogP contribution in [0, 0.1) is 20.2 Å². The molecule has 0 spiro atoms. The van der Waals surface area contributed by atoms with Gasteiger partial charge in [0, 0.05) is 12.1 Å². The van der Waals surface area contributed by atoms with Crippen molar-refractivity contribution in [2.45, 2.75) is 58.0 Å². The molecule has 2 aliphatic rings. The number of benzene rings is 3. The van der Waals surface area contributed by atoms with Gasteiger partial charge < -0.3 is 9.84 Å². The molecule has 5 rings (SSSR count). The second kappa shape index (κ2) is 11.8. The number of phenols is 1. The molecule has 0 saturated carbocycles. The van der Waals surface area contributed by atoms with Crippen LogP contribution in [-0.2, 0) is 32.3 Å². The van der Waals surface area contributed by atoms with Crippen LogP contribution < -0.4 is 4.74 Å². The van der Waals surface area contributed by atoms with Gasteiger partial charge in [-0.15, -0.1) is 0 Å². The molecule has 1 N–H and O–H groups in total. The summed E-state index contributed by atoms with van der Waals surface area (Å²) in [6.07, 6.45) is 7.43. The third-order valence-electron chi connectivity index (χ3n) is 6.67. The van der Waals surface area contributed by atoms with Crippen molar-refractivity contribution in [2.24, 2.45) is 0 Å². The predicted octanol–water partition coefficient (Wildman–Crippen LogP) is 7.54. The Kier molecular flexibility index (Phi) is 8.51. The third kappa shape index (κ3) is 5.97. The van der Waals surface area contributed by atoms with Gasteiger partial charge in [-0.2, -0.15) is 0 Å². The molecule has 10 heteroatoms. The van der Waals surface area contributed by atoms with Gasteiger partial charge in [0.15, 0.2) is 0 Å². The summed E-state index contributed by atoms with van der Waals surface area (Å²) in [6.45, 7) is 0.264. The first-order valence-electron chi connectivity index (χ1n) is 12.1. The minimum absolute atomic E-state index is 0.0402. The van der Waals surface area contributed by atoms with E-state index in [0.29, 0.717) is 5.02 Å². The molecule has 3 aromatic carbocycles. The van der Waals surface area contributed by atoms with E-state index in [1.807, 2.05) is 30.3 Å². The average Bonchev–Trinajstić information content (AvgIpc) is 2.91. The molecule has 0 fully saturated rings. The Balaban J connectivity index is 0.000000186. The molecular weight excluding hydrogens is 519 g/mol. The molecule has 0 aromatic heterocycles. The van der Waals surface area contributed by atoms with E-state index in [1.165, 1.54) is 6.07 Å². The maximum Gasteiger partial charge on any atom is 0.312 e. The lowest BCUT2D eigenvalue weighted by Gasteiger charge is -2.19. The van der Waals surface area contributed by atoms with E-state index in [4.69, 9.17) is 27.9 Å². The summed E-state index contributed by atoms with van der Waals surface area (Å²) in [5, 5.41) is 32.1. The summed E-state index contributed by atoms with van der Waals surface area (Å²) < 4.78 is 5.71. The zero-order valence-corrected chi connectivity index (χ0v) is 21.6. The maximum absolute atomic E-state index is 11.3. The number of aryl methyl sites for hydroxylation is 2. The molecule has 0 unspecified atom stereocenters. The van der Waals surface area contributed by atoms with Crippen LogP contribution in [0.15, 0.2) is 42.5 Å². The van der Waals surface area contributed by atoms with Crippen LogP contribution in [0.4, 0.5) is 11.4 Å². The number of phenolic OH excluding ortho intramolecular Hbond substituents is 1. The summed E-state index contributed by atoms with van der Waals surface area (Å²) in [7, 11) is 0. The summed E-state index contributed by atoms with van der Waals surface area (Å²) in [5.41, 5.74) is 4.37. The minimum atomic E-state index is -0.601. The molecule has 2 aliphatic carbocycles. The molecule has 37 heavy (non-hydrogen) atoms. The van der Waals surface area contributed by atoms with Gasteiger partial charge in [0.25, 0.3) is 0 Å². The number of nitro groups is 2. The molecule has 8 nitrogen and oxygen atoms in total. The molecule has 3 aromatic rings. The number of fused-ring (bicyclic) bond motifs is 2. The second-order valence-corrected chi connectivity index (χ2v) is 9.83. The van der Waals surface area contributed by atoms with Gasteiger partial charge in [-0.3, -0.25) is 20.2 Å². The molecule has 0 bridgehead atoms. The van der Waals surface area contributed by atoms with Crippen LogP contribution in [0.1, 0.15) is 53.5 Å². The molecule has 0 radical (unpaired) electrons. The SMILES string of the molecule is O=[N+]([O-])c1cc2c(c(Cl)c1O)CCCC2.O=[N+]([O-])c1cc2c(c(Cl)c1OCc1ccccc1)CCCC2. The Morgan fingerprint density at radius 3 is 1.86 bits per heavy atom. The van der Waals surface area contributed by atoms with E-state index in [9.17, 15) is 25.3 Å². The lowest BCUT2D eigenvalue weighted by Crippen LogP contribution is -2.08. The predicted molar refractivity (Wildman–Crippen MR) is 142 cm³/mol. The van der Waals surface area contributed by atoms with Crippen LogP contribution in [-0.4, -0.2) is 15.0 Å². The Morgan fingerprint density at radius 1 is 0.784 bits per heavy atom. The number of hydrogen-bond acceptors (Lipinski definition) is 6. The Labute approximate surface area is 224 Å². The highest BCUT2D eigenvalue weighted by Crippen LogP contribution is 2.43. The molecule has 0 atom stereocenters. The van der Waals surface area contributed by atoms with Gasteiger partial charge in [-0.1, -0.05) is 53.5 Å². The van der Waals surface area contributed by atoms with E-state index in [0.717, 1.165) is 79.2 Å². The standard InChI is InChI=1S/C17H16ClNO3.C10H10ClNO3/c18-16-14-9-5-4-8-13(14)10-15(19(20)21)17(16)22-11-12-6-2-1-3-7-12;11-9-7-4-2-1-3-6(7)5-8(10(9)13)12(14)15/h1-3,6-7,10H,4-5,8-9,11H2;5,13H,1-4H2. The van der Waals surface area contributed by atoms with Gasteiger partial charge in [0.05, 0.1) is 19.9 Å². The number of hydrogen-bond donors (Lipinski definition) is 1. The van der Waals surface area contributed by atoms with Crippen molar-refractivity contribution in [3.8, 4) is 11.5 Å². The van der Waals surface area contributed by atoms with E-state index in [1.54, 1.807) is 6.07 Å². The van der Waals surface area contributed by atoms with Gasteiger partial charge in [-0.25, -0.2) is 0 Å². The summed E-state index contributed by atoms with van der Waals surface area (Å²) >= 11 is 12.3. The van der Waals surface area contributed by atoms with Gasteiger partial charge >= 0.3 is 11.4 Å². The maximum atomic E-state index is 11.3. The number of nitro benzene ring substituents is 2. The van der Waals surface area contributed by atoms with Crippen LogP contribution in [0.2, 0.25) is 10.0 Å². The number of halogens is 2. The third-order valence-corrected chi connectivity index (χ3v) is 7.48. The normalized spacial score (nSPS) is 14.0. The van der Waals surface area contributed by atoms with E-state index >= 15 is 0 Å². The molecule has 0 amide bonds. The van der Waals surface area contributed by atoms with Crippen LogP contribution in [0.5, 0.6) is 11.5 Å². The molecule has 194 valence electrons. The van der Waals surface area contributed by atoms with Crippen molar-refractivity contribution in [1.82, 2.24) is 0 Å². The Morgan fingerprint density at radius 2 is 1.30 bits per heavy atom. The van der Waals surface area contributed by atoms with Crippen LogP contribution >= 0.6 is 23.2 Å². The summed E-state index contributed by atoms with van der Waals surface area (Å²) in [5.74, 6) is -0.210. The van der Waals surface area contributed by atoms with Gasteiger partial charge in [0.2, 0.25) is 11.5 Å². The number of rotatable bonds is 5. The largest absolute Gasteiger partial charge is 0.501 e. The van der Waals surface area contributed by atoms with Crippen molar-refractivity contribution in [3.63, 3.8) is 0 Å². The monoisotopic (exact) mass is 544 g/mol. The fourth-order valence-corrected chi connectivity index (χ4v) is 5.47. The average molecular weight is 545 g/mol. The van der Waals surface area contributed by atoms with E-state index < -0.39 is 15.6 Å². The topological polar surface area (TPSA) is 116 Å². The molecular formula is C27H26Cl2N2O6. The molecule has 0 saturated heterocycles. The zero-order chi connectivity index (χ0) is 26.5. The van der Waals surface area contributed by atoms with Gasteiger partial charge in [-0.05, 0) is 79.2 Å². The van der Waals surface area contributed by atoms with Crippen molar-refractivity contribution < 1.29 is 19.7 Å². The van der Waals surface area contributed by atoms with Crippen LogP contribution in [0.3, 0.4) is 0 Å². The Hall–Kier alpha value is -3.36. The zero-order valence-electron chi connectivity index (χ0n) is 20.0. The van der Waals surface area contributed by atoms with Gasteiger partial charge in [0.1, 0.15) is 6.61 Å². The van der Waals surface area contributed by atoms with Crippen molar-refractivity contribution in [3.05, 3.63) is 101 Å².